The third-order valence-corrected chi connectivity index (χ3v) is 3.77. The van der Waals surface area contributed by atoms with Crippen LogP contribution in [0.15, 0.2) is 48.5 Å². The number of hydrogen-bond donors (Lipinski definition) is 3. The van der Waals surface area contributed by atoms with E-state index in [0.29, 0.717) is 23.0 Å². The lowest BCUT2D eigenvalue weighted by Gasteiger charge is -2.16. The molecule has 0 aliphatic heterocycles. The minimum atomic E-state index is -0.184. The van der Waals surface area contributed by atoms with E-state index in [0.717, 1.165) is 11.4 Å². The Morgan fingerprint density at radius 2 is 1.58 bits per heavy atom. The molecule has 0 spiro atoms. The molecule has 0 aliphatic rings. The number of anilines is 2. The van der Waals surface area contributed by atoms with Gasteiger partial charge in [-0.3, -0.25) is 4.79 Å². The Labute approximate surface area is 158 Å². The summed E-state index contributed by atoms with van der Waals surface area (Å²) in [6.45, 7) is 2.54. The molecule has 0 saturated carbocycles. The minimum absolute atomic E-state index is 0.106. The molecular formula is C19H23N3O3S. The Kier molecular flexibility index (Phi) is 7.37. The van der Waals surface area contributed by atoms with Gasteiger partial charge in [-0.15, -0.1) is 0 Å². The van der Waals surface area contributed by atoms with Gasteiger partial charge in [-0.05, 0) is 67.7 Å². The number of benzene rings is 2. The van der Waals surface area contributed by atoms with E-state index < -0.39 is 0 Å². The van der Waals surface area contributed by atoms with Crippen molar-refractivity contribution in [1.82, 2.24) is 5.32 Å². The van der Waals surface area contributed by atoms with Crippen LogP contribution >= 0.6 is 12.2 Å². The SMILES string of the molecule is COC[C@@H](C)NC(=S)Nc1ccc(C(=O)Nc2ccc(OC)cc2)cc1. The van der Waals surface area contributed by atoms with Crippen molar-refractivity contribution in [3.05, 3.63) is 54.1 Å². The van der Waals surface area contributed by atoms with Gasteiger partial charge >= 0.3 is 0 Å². The normalized spacial score (nSPS) is 11.3. The van der Waals surface area contributed by atoms with Gasteiger partial charge in [0.15, 0.2) is 5.11 Å². The van der Waals surface area contributed by atoms with E-state index in [9.17, 15) is 4.79 Å². The lowest BCUT2D eigenvalue weighted by Crippen LogP contribution is -2.38. The maximum Gasteiger partial charge on any atom is 0.255 e. The Hall–Kier alpha value is -2.64. The molecule has 2 aromatic rings. The average Bonchev–Trinajstić information content (AvgIpc) is 2.63. The molecule has 138 valence electrons. The number of nitrogens with one attached hydrogen (secondary N) is 3. The fourth-order valence-corrected chi connectivity index (χ4v) is 2.58. The molecule has 0 radical (unpaired) electrons. The first kappa shape index (κ1) is 19.7. The van der Waals surface area contributed by atoms with Gasteiger partial charge in [-0.25, -0.2) is 0 Å². The van der Waals surface area contributed by atoms with Gasteiger partial charge in [0.2, 0.25) is 0 Å². The van der Waals surface area contributed by atoms with Gasteiger partial charge in [0.05, 0.1) is 13.7 Å². The Morgan fingerprint density at radius 3 is 2.15 bits per heavy atom. The maximum atomic E-state index is 12.3. The minimum Gasteiger partial charge on any atom is -0.497 e. The molecule has 6 nitrogen and oxygen atoms in total. The highest BCUT2D eigenvalue weighted by Gasteiger charge is 2.08. The van der Waals surface area contributed by atoms with E-state index in [1.54, 1.807) is 62.8 Å². The quantitative estimate of drug-likeness (QED) is 0.647. The molecule has 1 amide bonds. The second kappa shape index (κ2) is 9.74. The van der Waals surface area contributed by atoms with Crippen LogP contribution in [-0.4, -0.2) is 37.9 Å². The van der Waals surface area contributed by atoms with Crippen LogP contribution in [0.4, 0.5) is 11.4 Å². The van der Waals surface area contributed by atoms with Crippen molar-refractivity contribution in [3.8, 4) is 5.75 Å². The van der Waals surface area contributed by atoms with E-state index in [4.69, 9.17) is 21.7 Å². The van der Waals surface area contributed by atoms with Crippen LogP contribution in [-0.2, 0) is 4.74 Å². The molecule has 0 fully saturated rings. The van der Waals surface area contributed by atoms with Crippen LogP contribution in [0.25, 0.3) is 0 Å². The monoisotopic (exact) mass is 373 g/mol. The molecule has 1 atom stereocenters. The van der Waals surface area contributed by atoms with Gasteiger partial charge < -0.3 is 25.4 Å². The Morgan fingerprint density at radius 1 is 1.00 bits per heavy atom. The number of carbonyl (C=O) groups is 1. The van der Waals surface area contributed by atoms with Crippen LogP contribution in [0, 0.1) is 0 Å². The summed E-state index contributed by atoms with van der Waals surface area (Å²) in [6.07, 6.45) is 0. The van der Waals surface area contributed by atoms with Crippen molar-refractivity contribution < 1.29 is 14.3 Å². The van der Waals surface area contributed by atoms with Crippen molar-refractivity contribution in [2.45, 2.75) is 13.0 Å². The van der Waals surface area contributed by atoms with Gasteiger partial charge in [0.1, 0.15) is 5.75 Å². The summed E-state index contributed by atoms with van der Waals surface area (Å²) in [4.78, 5) is 12.3. The van der Waals surface area contributed by atoms with Crippen LogP contribution in [0.3, 0.4) is 0 Å². The van der Waals surface area contributed by atoms with Crippen molar-refractivity contribution in [1.29, 1.82) is 0 Å². The van der Waals surface area contributed by atoms with Crippen LogP contribution in [0.2, 0.25) is 0 Å². The van der Waals surface area contributed by atoms with Crippen LogP contribution in [0.1, 0.15) is 17.3 Å². The highest BCUT2D eigenvalue weighted by Crippen LogP contribution is 2.16. The molecule has 2 aromatic carbocycles. The third kappa shape index (κ3) is 6.02. The first-order chi connectivity index (χ1) is 12.5. The largest absolute Gasteiger partial charge is 0.497 e. The van der Waals surface area contributed by atoms with E-state index in [1.807, 2.05) is 6.92 Å². The Balaban J connectivity index is 1.91. The molecule has 3 N–H and O–H groups in total. The summed E-state index contributed by atoms with van der Waals surface area (Å²) in [5.74, 6) is 0.555. The van der Waals surface area contributed by atoms with Gasteiger partial charge in [-0.2, -0.15) is 0 Å². The molecule has 26 heavy (non-hydrogen) atoms. The zero-order valence-electron chi connectivity index (χ0n) is 15.0. The van der Waals surface area contributed by atoms with Crippen LogP contribution < -0.4 is 20.7 Å². The number of ether oxygens (including phenoxy) is 2. The summed E-state index contributed by atoms with van der Waals surface area (Å²) < 4.78 is 10.2. The van der Waals surface area contributed by atoms with E-state index in [-0.39, 0.29) is 11.9 Å². The summed E-state index contributed by atoms with van der Waals surface area (Å²) in [7, 11) is 3.24. The molecule has 0 bridgehead atoms. The zero-order valence-corrected chi connectivity index (χ0v) is 15.9. The fourth-order valence-electron chi connectivity index (χ4n) is 2.27. The topological polar surface area (TPSA) is 71.6 Å². The second-order valence-corrected chi connectivity index (χ2v) is 6.12. The Bertz CT molecular complexity index is 733. The molecule has 0 aliphatic carbocycles. The second-order valence-electron chi connectivity index (χ2n) is 5.71. The first-order valence-corrected chi connectivity index (χ1v) is 8.54. The van der Waals surface area contributed by atoms with Crippen molar-refractivity contribution in [3.63, 3.8) is 0 Å². The van der Waals surface area contributed by atoms with Gasteiger partial charge in [-0.1, -0.05) is 0 Å². The highest BCUT2D eigenvalue weighted by molar-refractivity contribution is 7.80. The first-order valence-electron chi connectivity index (χ1n) is 8.13. The highest BCUT2D eigenvalue weighted by atomic mass is 32.1. The smallest absolute Gasteiger partial charge is 0.255 e. The van der Waals surface area contributed by atoms with Gasteiger partial charge in [0, 0.05) is 30.1 Å². The number of hydrogen-bond acceptors (Lipinski definition) is 4. The molecule has 0 heterocycles. The van der Waals surface area contributed by atoms with Crippen molar-refractivity contribution in [2.75, 3.05) is 31.5 Å². The number of rotatable bonds is 7. The molecule has 0 aromatic heterocycles. The third-order valence-electron chi connectivity index (χ3n) is 3.55. The number of thiocarbonyl (C=S) groups is 1. The number of methoxy groups -OCH3 is 2. The average molecular weight is 373 g/mol. The zero-order chi connectivity index (χ0) is 18.9. The van der Waals surface area contributed by atoms with Gasteiger partial charge in [0.25, 0.3) is 5.91 Å². The lowest BCUT2D eigenvalue weighted by atomic mass is 10.2. The summed E-state index contributed by atoms with van der Waals surface area (Å²) in [5, 5.41) is 9.54. The van der Waals surface area contributed by atoms with E-state index >= 15 is 0 Å². The molecule has 0 saturated heterocycles. The van der Waals surface area contributed by atoms with E-state index in [1.165, 1.54) is 0 Å². The number of carbonyl (C=O) groups excluding carboxylic acids is 1. The molecule has 2 rings (SSSR count). The summed E-state index contributed by atoms with van der Waals surface area (Å²) >= 11 is 5.25. The standard InChI is InChI=1S/C19H23N3O3S/c1-13(12-24-2)20-19(26)22-16-6-4-14(5-7-16)18(23)21-15-8-10-17(25-3)11-9-15/h4-11,13H,12H2,1-3H3,(H,21,23)(H2,20,22,26)/t13-/m1/s1. The van der Waals surface area contributed by atoms with Crippen molar-refractivity contribution in [2.24, 2.45) is 0 Å². The van der Waals surface area contributed by atoms with E-state index in [2.05, 4.69) is 16.0 Å². The molecular weight excluding hydrogens is 350 g/mol. The number of amides is 1. The summed E-state index contributed by atoms with van der Waals surface area (Å²) in [6, 6.07) is 14.4. The fraction of sp³-hybridized carbons (Fsp3) is 0.263. The predicted octanol–water partition coefficient (Wildman–Crippen LogP) is 3.27. The lowest BCUT2D eigenvalue weighted by molar-refractivity contribution is 0.102. The molecule has 0 unspecified atom stereocenters. The summed E-state index contributed by atoms with van der Waals surface area (Å²) in [5.41, 5.74) is 2.06. The molecule has 7 heteroatoms. The van der Waals surface area contributed by atoms with Crippen molar-refractivity contribution >= 4 is 34.6 Å². The van der Waals surface area contributed by atoms with Crippen LogP contribution in [0.5, 0.6) is 5.75 Å². The predicted molar refractivity (Wildman–Crippen MR) is 108 cm³/mol. The maximum absolute atomic E-state index is 12.3.